The lowest BCUT2D eigenvalue weighted by atomic mass is 10.0. The van der Waals surface area contributed by atoms with E-state index in [1.54, 1.807) is 4.90 Å². The van der Waals surface area contributed by atoms with Gasteiger partial charge in [-0.05, 0) is 30.5 Å². The minimum atomic E-state index is -0.793. The summed E-state index contributed by atoms with van der Waals surface area (Å²) in [6, 6.07) is 12.7. The molecule has 178 valence electrons. The number of amides is 2. The number of thioether (sulfide) groups is 1. The monoisotopic (exact) mass is 479 g/mol. The Morgan fingerprint density at radius 1 is 1.15 bits per heavy atom. The summed E-state index contributed by atoms with van der Waals surface area (Å²) < 4.78 is 13.5. The zero-order valence-corrected chi connectivity index (χ0v) is 20.5. The number of nitrogens with zero attached hydrogens (tertiary/aromatic N) is 2. The molecule has 2 aromatic carbocycles. The maximum Gasteiger partial charge on any atom is 0.247 e. The minimum Gasteiger partial charge on any atom is -0.486 e. The third-order valence-corrected chi connectivity index (χ3v) is 7.46. The third-order valence-electron chi connectivity index (χ3n) is 6.30. The highest BCUT2D eigenvalue weighted by Crippen LogP contribution is 2.44. The Morgan fingerprint density at radius 3 is 2.71 bits per heavy atom. The van der Waals surface area contributed by atoms with Crippen molar-refractivity contribution >= 4 is 40.2 Å². The van der Waals surface area contributed by atoms with E-state index in [1.165, 1.54) is 11.8 Å². The highest BCUT2D eigenvalue weighted by atomic mass is 32.2. The van der Waals surface area contributed by atoms with Gasteiger partial charge < -0.3 is 19.4 Å². The van der Waals surface area contributed by atoms with Crippen LogP contribution in [0.3, 0.4) is 0 Å². The predicted octanol–water partition coefficient (Wildman–Crippen LogP) is 4.29. The van der Waals surface area contributed by atoms with E-state index in [9.17, 15) is 9.59 Å². The van der Waals surface area contributed by atoms with Crippen LogP contribution < -0.4 is 19.7 Å². The summed E-state index contributed by atoms with van der Waals surface area (Å²) in [4.78, 5) is 29.0. The average Bonchev–Trinajstić information content (AvgIpc) is 3.01. The molecule has 3 heterocycles. The molecule has 0 saturated carbocycles. The van der Waals surface area contributed by atoms with Gasteiger partial charge in [0.1, 0.15) is 19.3 Å². The SMILES string of the molecule is CC(C)CCNC(=O)C1c2c(n(C)c3ccccc23)SCC(=O)N1c1ccc2c(c1)OCCO2. The fourth-order valence-electron chi connectivity index (χ4n) is 4.61. The standard InChI is InChI=1S/C26H29N3O4S/c1-16(2)10-11-27-25(31)24-23-18-6-4-5-7-19(18)28(3)26(23)34-15-22(30)29(24)17-8-9-20-21(14-17)33-13-12-32-20/h4-9,14,16,24H,10-13,15H2,1-3H3,(H,27,31). The Hall–Kier alpha value is -3.13. The van der Waals surface area contributed by atoms with E-state index in [-0.39, 0.29) is 17.6 Å². The van der Waals surface area contributed by atoms with Crippen molar-refractivity contribution in [1.29, 1.82) is 0 Å². The molecule has 1 aromatic heterocycles. The Bertz CT molecular complexity index is 1250. The number of hydrogen-bond acceptors (Lipinski definition) is 5. The molecule has 8 heteroatoms. The number of anilines is 1. The summed E-state index contributed by atoms with van der Waals surface area (Å²) >= 11 is 1.48. The van der Waals surface area contributed by atoms with Crippen molar-refractivity contribution in [2.75, 3.05) is 30.4 Å². The van der Waals surface area contributed by atoms with Gasteiger partial charge in [0.15, 0.2) is 11.5 Å². The van der Waals surface area contributed by atoms with Crippen LogP contribution in [0.4, 0.5) is 5.69 Å². The molecule has 1 N–H and O–H groups in total. The second-order valence-corrected chi connectivity index (χ2v) is 10.0. The Kier molecular flexibility index (Phi) is 6.16. The molecular formula is C26H29N3O4S. The van der Waals surface area contributed by atoms with Gasteiger partial charge in [-0.1, -0.05) is 43.8 Å². The van der Waals surface area contributed by atoms with E-state index >= 15 is 0 Å². The second-order valence-electron chi connectivity index (χ2n) is 9.05. The minimum absolute atomic E-state index is 0.119. The molecule has 7 nitrogen and oxygen atoms in total. The van der Waals surface area contributed by atoms with Crippen molar-refractivity contribution in [3.8, 4) is 11.5 Å². The average molecular weight is 480 g/mol. The van der Waals surface area contributed by atoms with Crippen LogP contribution in [0.25, 0.3) is 10.9 Å². The lowest BCUT2D eigenvalue weighted by molar-refractivity contribution is -0.125. The van der Waals surface area contributed by atoms with Gasteiger partial charge in [0, 0.05) is 41.8 Å². The van der Waals surface area contributed by atoms with E-state index in [4.69, 9.17) is 9.47 Å². The van der Waals surface area contributed by atoms with E-state index in [1.807, 2.05) is 43.4 Å². The molecule has 1 unspecified atom stereocenters. The second kappa shape index (κ2) is 9.25. The number of para-hydroxylation sites is 1. The first-order valence-electron chi connectivity index (χ1n) is 11.6. The summed E-state index contributed by atoms with van der Waals surface area (Å²) in [5.41, 5.74) is 2.53. The molecular weight excluding hydrogens is 450 g/mol. The van der Waals surface area contributed by atoms with Crippen molar-refractivity contribution in [1.82, 2.24) is 9.88 Å². The third kappa shape index (κ3) is 4.00. The van der Waals surface area contributed by atoms with Crippen molar-refractivity contribution in [3.05, 3.63) is 48.0 Å². The highest BCUT2D eigenvalue weighted by Gasteiger charge is 2.40. The number of carbonyl (C=O) groups excluding carboxylic acids is 2. The first-order valence-corrected chi connectivity index (χ1v) is 12.6. The summed E-state index contributed by atoms with van der Waals surface area (Å²) in [6.07, 6.45) is 0.869. The number of benzene rings is 2. The number of rotatable bonds is 5. The Balaban J connectivity index is 1.65. The van der Waals surface area contributed by atoms with Crippen LogP contribution in [0.5, 0.6) is 11.5 Å². The molecule has 2 amide bonds. The normalized spacial score (nSPS) is 17.6. The predicted molar refractivity (Wildman–Crippen MR) is 134 cm³/mol. The van der Waals surface area contributed by atoms with Crippen molar-refractivity contribution in [3.63, 3.8) is 0 Å². The molecule has 0 radical (unpaired) electrons. The van der Waals surface area contributed by atoms with Crippen LogP contribution in [0, 0.1) is 5.92 Å². The number of ether oxygens (including phenoxy) is 2. The fraction of sp³-hybridized carbons (Fsp3) is 0.385. The highest BCUT2D eigenvalue weighted by molar-refractivity contribution is 8.00. The first-order chi connectivity index (χ1) is 16.5. The lowest BCUT2D eigenvalue weighted by Crippen LogP contribution is -2.44. The van der Waals surface area contributed by atoms with E-state index in [0.29, 0.717) is 42.9 Å². The van der Waals surface area contributed by atoms with E-state index < -0.39 is 6.04 Å². The van der Waals surface area contributed by atoms with Gasteiger partial charge in [0.25, 0.3) is 0 Å². The maximum atomic E-state index is 13.8. The summed E-state index contributed by atoms with van der Waals surface area (Å²) in [7, 11) is 1.99. The number of fused-ring (bicyclic) bond motifs is 4. The van der Waals surface area contributed by atoms with Gasteiger partial charge in [-0.25, -0.2) is 0 Å². The Labute approximate surface area is 203 Å². The lowest BCUT2D eigenvalue weighted by Gasteiger charge is -2.31. The zero-order chi connectivity index (χ0) is 23.8. The van der Waals surface area contributed by atoms with Gasteiger partial charge in [-0.3, -0.25) is 14.5 Å². The molecule has 3 aromatic rings. The summed E-state index contributed by atoms with van der Waals surface area (Å²) in [5, 5.41) is 5.03. The van der Waals surface area contributed by atoms with Crippen molar-refractivity contribution in [2.24, 2.45) is 13.0 Å². The van der Waals surface area contributed by atoms with Gasteiger partial charge >= 0.3 is 0 Å². The smallest absolute Gasteiger partial charge is 0.247 e. The topological polar surface area (TPSA) is 72.8 Å². The molecule has 34 heavy (non-hydrogen) atoms. The van der Waals surface area contributed by atoms with Crippen LogP contribution in [0.2, 0.25) is 0 Å². The van der Waals surface area contributed by atoms with Crippen molar-refractivity contribution in [2.45, 2.75) is 31.3 Å². The summed E-state index contributed by atoms with van der Waals surface area (Å²) in [5.74, 6) is 1.64. The molecule has 0 aliphatic carbocycles. The first kappa shape index (κ1) is 22.7. The molecule has 1 atom stereocenters. The number of aryl methyl sites for hydroxylation is 1. The van der Waals surface area contributed by atoms with Gasteiger partial charge in [-0.2, -0.15) is 0 Å². The number of carbonyl (C=O) groups is 2. The fourth-order valence-corrected chi connectivity index (χ4v) is 5.68. The van der Waals surface area contributed by atoms with Crippen LogP contribution in [-0.2, 0) is 16.6 Å². The molecule has 0 fully saturated rings. The zero-order valence-electron chi connectivity index (χ0n) is 19.7. The van der Waals surface area contributed by atoms with Gasteiger partial charge in [-0.15, -0.1) is 0 Å². The van der Waals surface area contributed by atoms with Gasteiger partial charge in [0.05, 0.1) is 10.8 Å². The number of aromatic nitrogens is 1. The van der Waals surface area contributed by atoms with Gasteiger partial charge in [0.2, 0.25) is 11.8 Å². The largest absolute Gasteiger partial charge is 0.486 e. The van der Waals surface area contributed by atoms with Crippen LogP contribution in [0.15, 0.2) is 47.5 Å². The van der Waals surface area contributed by atoms with E-state index in [2.05, 4.69) is 29.8 Å². The molecule has 0 saturated heterocycles. The van der Waals surface area contributed by atoms with Crippen LogP contribution in [0.1, 0.15) is 31.9 Å². The van der Waals surface area contributed by atoms with Crippen LogP contribution in [-0.4, -0.2) is 41.9 Å². The number of nitrogens with one attached hydrogen (secondary N) is 1. The number of hydrogen-bond donors (Lipinski definition) is 1. The molecule has 5 rings (SSSR count). The quantitative estimate of drug-likeness (QED) is 0.591. The van der Waals surface area contributed by atoms with E-state index in [0.717, 1.165) is 27.9 Å². The molecule has 2 aliphatic heterocycles. The van der Waals surface area contributed by atoms with Crippen molar-refractivity contribution < 1.29 is 19.1 Å². The molecule has 0 spiro atoms. The summed E-state index contributed by atoms with van der Waals surface area (Å²) in [6.45, 7) is 5.76. The molecule has 2 aliphatic rings. The van der Waals surface area contributed by atoms with Crippen LogP contribution >= 0.6 is 11.8 Å². The Morgan fingerprint density at radius 2 is 1.91 bits per heavy atom. The molecule has 0 bridgehead atoms. The maximum absolute atomic E-state index is 13.8.